The molecule has 0 atom stereocenters. The molecule has 0 radical (unpaired) electrons. The summed E-state index contributed by atoms with van der Waals surface area (Å²) in [5, 5.41) is 0. The van der Waals surface area contributed by atoms with Crippen molar-refractivity contribution >= 4 is 45.4 Å². The van der Waals surface area contributed by atoms with Crippen LogP contribution in [-0.2, 0) is 17.1 Å². The standard InChI is InChI=1S/C44F30N4.2ClH.Fe/c45-7-3(8(46)14(52)19(57)13(7)51)1-2(4-9(47)15(53)20(58)16(54)10(4)48)41-33(71)37-27(65)28(66)39(76-37)35(73)44-32(70)31(69)43(78(44)74)34(72)38-26(64)25(63)36(75-38)6(5-11(49)17(55)21(59)18(56)12(5)50)40(1)77(41)42-29(67)23(61)22(60)24(62)30(42)68;;;/h;2*1H;/q;;;+2/p-2. The molecule has 8 bridgehead atoms. The molecule has 2 aliphatic heterocycles. The summed E-state index contributed by atoms with van der Waals surface area (Å²) in [5.74, 6) is -104. The summed E-state index contributed by atoms with van der Waals surface area (Å²) in [6.07, 6.45) is 0. The van der Waals surface area contributed by atoms with E-state index in [9.17, 15) is 17.6 Å². The molecule has 0 amide bonds. The van der Waals surface area contributed by atoms with Crippen LogP contribution in [-0.4, -0.2) is 19.3 Å². The van der Waals surface area contributed by atoms with Crippen LogP contribution in [0.5, 0.6) is 0 Å². The molecule has 0 unspecified atom stereocenters. The van der Waals surface area contributed by atoms with Crippen LogP contribution < -0.4 is 24.8 Å². The topological polar surface area (TPSA) is 35.6 Å². The SMILES string of the molecule is FC1=C(F)c2nc1c(F)c1c(F)c(F)c(c(F)c3nc(c(-c4c(F)c(F)c(F)c(F)c4F)c4c(-c5c(F)c(F)c(F)c(F)c5F)c(-c5c(F)c(F)c(F)c(F)c5F)c(c2F)n4-c2c(F)c(F)c(F)c(F)c2F)C(F)=C3F)n1F.[Cl-].[Cl-].[Fe+2]. The van der Waals surface area contributed by atoms with Crippen LogP contribution in [0.1, 0.15) is 22.8 Å². The van der Waals surface area contributed by atoms with E-state index in [1.807, 2.05) is 0 Å². The Labute approximate surface area is 444 Å². The molecule has 5 heterocycles. The minimum absolute atomic E-state index is 0. The molecule has 4 nitrogen and oxygen atoms in total. The Balaban J connectivity index is 0.00000352. The molecule has 0 saturated heterocycles. The summed E-state index contributed by atoms with van der Waals surface area (Å²) in [5.41, 5.74) is -50.0. The second-order valence-corrected chi connectivity index (χ2v) is 15.3. The van der Waals surface area contributed by atoms with Gasteiger partial charge < -0.3 is 29.4 Å². The Morgan fingerprint density at radius 1 is 0.210 bits per heavy atom. The predicted octanol–water partition coefficient (Wildman–Crippen LogP) is 10.00. The Bertz CT molecular complexity index is 4170. The maximum absolute atomic E-state index is 18.0. The molecule has 0 spiro atoms. The van der Waals surface area contributed by atoms with E-state index in [2.05, 4.69) is 9.97 Å². The van der Waals surface area contributed by atoms with Crippen LogP contribution in [0.2, 0.25) is 0 Å². The average molecular weight is 1280 g/mol. The fraction of sp³-hybridized carbons (Fsp3) is 0. The molecule has 2 aliphatic rings. The normalized spacial score (nSPS) is 12.4. The molecule has 0 fully saturated rings. The number of aromatic nitrogens is 4. The van der Waals surface area contributed by atoms with Gasteiger partial charge in [-0.25, -0.2) is 137 Å². The van der Waals surface area contributed by atoms with Gasteiger partial charge in [0.15, 0.2) is 157 Å². The van der Waals surface area contributed by atoms with Gasteiger partial charge in [0.05, 0.1) is 27.7 Å². The fourth-order valence-corrected chi connectivity index (χ4v) is 7.97. The first-order valence-electron chi connectivity index (χ1n) is 19.4. The van der Waals surface area contributed by atoms with Crippen LogP contribution in [0.3, 0.4) is 0 Å². The van der Waals surface area contributed by atoms with Gasteiger partial charge in [0, 0.05) is 16.7 Å². The van der Waals surface area contributed by atoms with Gasteiger partial charge in [-0.05, 0) is 0 Å². The van der Waals surface area contributed by atoms with Crippen molar-refractivity contribution in [1.82, 2.24) is 19.3 Å². The second-order valence-electron chi connectivity index (χ2n) is 15.3. The largest absolute Gasteiger partial charge is 2.00 e. The summed E-state index contributed by atoms with van der Waals surface area (Å²) >= 11 is 0. The Kier molecular flexibility index (Phi) is 16.3. The van der Waals surface area contributed by atoms with Crippen molar-refractivity contribution in [3.8, 4) is 39.1 Å². The molecule has 0 aliphatic carbocycles. The number of halogens is 32. The first-order chi connectivity index (χ1) is 36.3. The molecule has 4 aromatic carbocycles. The first-order valence-corrected chi connectivity index (χ1v) is 19.4. The maximum atomic E-state index is 18.0. The third-order valence-electron chi connectivity index (χ3n) is 11.3. The molecule has 81 heavy (non-hydrogen) atoms. The molecule has 37 heteroatoms. The van der Waals surface area contributed by atoms with Crippen LogP contribution in [0.25, 0.3) is 84.4 Å². The van der Waals surface area contributed by atoms with Gasteiger partial charge in [-0.15, -0.1) is 0 Å². The summed E-state index contributed by atoms with van der Waals surface area (Å²) in [7, 11) is 0. The summed E-state index contributed by atoms with van der Waals surface area (Å²) in [4.78, 5) is 2.94. The van der Waals surface area contributed by atoms with Gasteiger partial charge in [-0.3, -0.25) is 0 Å². The number of hydrogen-bond acceptors (Lipinski definition) is 2. The van der Waals surface area contributed by atoms with Gasteiger partial charge in [0.2, 0.25) is 23.3 Å². The smallest absolute Gasteiger partial charge is 1.00 e. The van der Waals surface area contributed by atoms with E-state index in [1.54, 1.807) is 0 Å². The van der Waals surface area contributed by atoms with Crippen molar-refractivity contribution < 1.29 is 174 Å². The Hall–Kier alpha value is -7.52. The fourth-order valence-electron chi connectivity index (χ4n) is 7.97. The summed E-state index contributed by atoms with van der Waals surface area (Å²) in [6, 6.07) is 0. The number of benzene rings is 4. The van der Waals surface area contributed by atoms with E-state index in [1.165, 1.54) is 0 Å². The molecule has 9 rings (SSSR count). The molecule has 0 saturated carbocycles. The molecule has 7 aromatic rings. The van der Waals surface area contributed by atoms with E-state index in [0.29, 0.717) is 0 Å². The number of rotatable bonds is 4. The molecule has 428 valence electrons. The van der Waals surface area contributed by atoms with Gasteiger partial charge >= 0.3 is 17.1 Å². The van der Waals surface area contributed by atoms with E-state index in [4.69, 9.17) is 0 Å². The first kappa shape index (κ1) is 62.7. The third-order valence-corrected chi connectivity index (χ3v) is 11.3. The second kappa shape index (κ2) is 21.1. The minimum Gasteiger partial charge on any atom is -1.00 e. The van der Waals surface area contributed by atoms with Crippen molar-refractivity contribution in [2.45, 2.75) is 0 Å². The van der Waals surface area contributed by atoms with E-state index in [0.717, 1.165) is 0 Å². The van der Waals surface area contributed by atoms with Gasteiger partial charge in [0.25, 0.3) is 0 Å². The summed E-state index contributed by atoms with van der Waals surface area (Å²) < 4.78 is 475. The van der Waals surface area contributed by atoms with Gasteiger partial charge in [-0.1, -0.05) is 4.48 Å². The maximum Gasteiger partial charge on any atom is 2.00 e. The quantitative estimate of drug-likeness (QED) is 0.0762. The van der Waals surface area contributed by atoms with Crippen molar-refractivity contribution in [2.75, 3.05) is 0 Å². The minimum atomic E-state index is -3.85. The van der Waals surface area contributed by atoms with Crippen LogP contribution >= 0.6 is 0 Å². The van der Waals surface area contributed by atoms with E-state index in [-0.39, 0.29) is 41.9 Å². The molecule has 0 N–H and O–H groups in total. The zero-order valence-corrected chi connectivity index (χ0v) is 38.9. The average Bonchev–Trinajstić information content (AvgIpc) is 4.07. The van der Waals surface area contributed by atoms with Crippen LogP contribution in [0.15, 0.2) is 0 Å². The third kappa shape index (κ3) is 8.28. The van der Waals surface area contributed by atoms with Crippen molar-refractivity contribution in [2.24, 2.45) is 0 Å². The summed E-state index contributed by atoms with van der Waals surface area (Å²) in [6.45, 7) is 0. The van der Waals surface area contributed by atoms with Crippen molar-refractivity contribution in [1.29, 1.82) is 0 Å². The van der Waals surface area contributed by atoms with E-state index >= 15 is 114 Å². The van der Waals surface area contributed by atoms with Crippen molar-refractivity contribution in [3.05, 3.63) is 168 Å². The number of hydrogen-bond donors (Lipinski definition) is 0. The predicted molar refractivity (Wildman–Crippen MR) is 199 cm³/mol. The van der Waals surface area contributed by atoms with Gasteiger partial charge in [0.1, 0.15) is 28.5 Å². The number of fused-ring (bicyclic) bond motifs is 8. The Morgan fingerprint density at radius 3 is 0.741 bits per heavy atom. The van der Waals surface area contributed by atoms with Crippen LogP contribution in [0.4, 0.5) is 132 Å². The van der Waals surface area contributed by atoms with Gasteiger partial charge in [-0.2, -0.15) is 4.79 Å². The molecular formula is C44Cl2F30FeN4. The van der Waals surface area contributed by atoms with Crippen molar-refractivity contribution in [3.63, 3.8) is 0 Å². The van der Waals surface area contributed by atoms with Crippen LogP contribution in [0, 0.1) is 145 Å². The zero-order valence-electron chi connectivity index (χ0n) is 36.2. The van der Waals surface area contributed by atoms with E-state index < -0.39 is 262 Å². The zero-order chi connectivity index (χ0) is 58.0. The number of nitrogens with zero attached hydrogens (tertiary/aromatic N) is 4. The monoisotopic (exact) mass is 1280 g/mol. The Morgan fingerprint density at radius 2 is 0.432 bits per heavy atom. The molecule has 3 aromatic heterocycles. The molecular weight excluding hydrogens is 1280 g/mol.